The molecule has 1 rings (SSSR count). The first-order chi connectivity index (χ1) is 7.69. The van der Waals surface area contributed by atoms with Gasteiger partial charge in [0, 0.05) is 4.47 Å². The van der Waals surface area contributed by atoms with Crippen molar-refractivity contribution in [3.63, 3.8) is 0 Å². The van der Waals surface area contributed by atoms with Crippen LogP contribution in [-0.4, -0.2) is 13.2 Å². The van der Waals surface area contributed by atoms with Gasteiger partial charge in [0.15, 0.2) is 0 Å². The van der Waals surface area contributed by atoms with Crippen molar-refractivity contribution >= 4 is 15.9 Å². The van der Waals surface area contributed by atoms with E-state index in [0.29, 0.717) is 6.54 Å². The average molecular weight is 286 g/mol. The summed E-state index contributed by atoms with van der Waals surface area (Å²) in [4.78, 5) is 0. The fourth-order valence-corrected chi connectivity index (χ4v) is 2.29. The first kappa shape index (κ1) is 13.5. The van der Waals surface area contributed by atoms with Crippen LogP contribution in [0.3, 0.4) is 0 Å². The van der Waals surface area contributed by atoms with Gasteiger partial charge in [-0.05, 0) is 49.6 Å². The second kappa shape index (κ2) is 6.92. The highest BCUT2D eigenvalue weighted by atomic mass is 79.9. The van der Waals surface area contributed by atoms with E-state index >= 15 is 0 Å². The number of unbranched alkanes of at least 4 members (excludes halogenated alkanes) is 1. The molecule has 0 aliphatic heterocycles. The van der Waals surface area contributed by atoms with Crippen LogP contribution in [0.25, 0.3) is 0 Å². The summed E-state index contributed by atoms with van der Waals surface area (Å²) in [5.74, 6) is 1.02. The number of rotatable bonds is 6. The van der Waals surface area contributed by atoms with Crippen LogP contribution in [-0.2, 0) is 6.42 Å². The maximum Gasteiger partial charge on any atom is 0.125 e. The van der Waals surface area contributed by atoms with Crippen LogP contribution in [0.4, 0.5) is 0 Å². The topological polar surface area (TPSA) is 35.2 Å². The molecular formula is C13H20BrNO. The number of nitrogens with two attached hydrogens (primary N) is 1. The second-order valence-corrected chi connectivity index (χ2v) is 4.87. The van der Waals surface area contributed by atoms with E-state index in [0.717, 1.165) is 36.1 Å². The minimum absolute atomic E-state index is 0.653. The summed E-state index contributed by atoms with van der Waals surface area (Å²) >= 11 is 3.50. The zero-order valence-corrected chi connectivity index (χ0v) is 11.6. The number of hydrogen-bond donors (Lipinski definition) is 1. The Morgan fingerprint density at radius 3 is 2.75 bits per heavy atom. The Morgan fingerprint density at radius 1 is 1.38 bits per heavy atom. The third-order valence-corrected chi connectivity index (χ3v) is 2.93. The largest absolute Gasteiger partial charge is 0.493 e. The van der Waals surface area contributed by atoms with Crippen LogP contribution in [0, 0.1) is 6.92 Å². The maximum absolute atomic E-state index is 5.84. The van der Waals surface area contributed by atoms with Crippen molar-refractivity contribution in [2.75, 3.05) is 13.2 Å². The summed E-state index contributed by atoms with van der Waals surface area (Å²) in [6.45, 7) is 5.68. The van der Waals surface area contributed by atoms with Crippen LogP contribution in [0.2, 0.25) is 0 Å². The lowest BCUT2D eigenvalue weighted by molar-refractivity contribution is 0.304. The number of aryl methyl sites for hydroxylation is 1. The molecule has 2 nitrogen and oxygen atoms in total. The van der Waals surface area contributed by atoms with Crippen LogP contribution in [0.1, 0.15) is 30.9 Å². The summed E-state index contributed by atoms with van der Waals surface area (Å²) in [7, 11) is 0. The highest BCUT2D eigenvalue weighted by Gasteiger charge is 2.08. The summed E-state index contributed by atoms with van der Waals surface area (Å²) in [6, 6.07) is 4.18. The first-order valence-corrected chi connectivity index (χ1v) is 6.60. The van der Waals surface area contributed by atoms with Gasteiger partial charge < -0.3 is 10.5 Å². The Balaban J connectivity index is 2.85. The summed E-state index contributed by atoms with van der Waals surface area (Å²) < 4.78 is 6.93. The number of halogens is 1. The molecule has 0 saturated heterocycles. The number of benzene rings is 1. The predicted molar refractivity (Wildman–Crippen MR) is 72.0 cm³/mol. The van der Waals surface area contributed by atoms with Crippen LogP contribution in [0.5, 0.6) is 5.75 Å². The maximum atomic E-state index is 5.84. The quantitative estimate of drug-likeness (QED) is 0.813. The molecule has 0 unspecified atom stereocenters. The van der Waals surface area contributed by atoms with Crippen molar-refractivity contribution in [2.24, 2.45) is 5.73 Å². The molecule has 0 aliphatic rings. The van der Waals surface area contributed by atoms with Crippen molar-refractivity contribution in [1.29, 1.82) is 0 Å². The van der Waals surface area contributed by atoms with Gasteiger partial charge in [-0.25, -0.2) is 0 Å². The lowest BCUT2D eigenvalue weighted by atomic mass is 10.1. The molecule has 0 aliphatic carbocycles. The van der Waals surface area contributed by atoms with Crippen molar-refractivity contribution in [3.05, 3.63) is 27.7 Å². The standard InChI is InChI=1S/C13H20BrNO/c1-3-4-7-16-13-10(2)8-12(14)9-11(13)5-6-15/h8-9H,3-7,15H2,1-2H3. The van der Waals surface area contributed by atoms with E-state index in [1.54, 1.807) is 0 Å². The van der Waals surface area contributed by atoms with E-state index in [1.165, 1.54) is 11.1 Å². The van der Waals surface area contributed by atoms with E-state index in [1.807, 2.05) is 0 Å². The van der Waals surface area contributed by atoms with Crippen molar-refractivity contribution in [2.45, 2.75) is 33.1 Å². The smallest absolute Gasteiger partial charge is 0.125 e. The average Bonchev–Trinajstić information content (AvgIpc) is 2.22. The molecule has 0 bridgehead atoms. The molecule has 0 aromatic heterocycles. The lowest BCUT2D eigenvalue weighted by Crippen LogP contribution is -2.07. The fraction of sp³-hybridized carbons (Fsp3) is 0.538. The molecule has 1 aromatic carbocycles. The summed E-state index contributed by atoms with van der Waals surface area (Å²) in [5, 5.41) is 0. The molecule has 1 aromatic rings. The molecule has 0 spiro atoms. The molecular weight excluding hydrogens is 266 g/mol. The third kappa shape index (κ3) is 3.80. The van der Waals surface area contributed by atoms with Crippen LogP contribution in [0.15, 0.2) is 16.6 Å². The monoisotopic (exact) mass is 285 g/mol. The molecule has 2 N–H and O–H groups in total. The molecule has 90 valence electrons. The minimum atomic E-state index is 0.653. The molecule has 0 fully saturated rings. The van der Waals surface area contributed by atoms with Gasteiger partial charge in [0.2, 0.25) is 0 Å². The predicted octanol–water partition coefficient (Wildman–Crippen LogP) is 3.44. The summed E-state index contributed by atoms with van der Waals surface area (Å²) in [6.07, 6.45) is 3.11. The first-order valence-electron chi connectivity index (χ1n) is 5.81. The third-order valence-electron chi connectivity index (χ3n) is 2.47. The Kier molecular flexibility index (Phi) is 5.85. The SMILES string of the molecule is CCCCOc1c(C)cc(Br)cc1CCN. The van der Waals surface area contributed by atoms with Gasteiger partial charge in [-0.3, -0.25) is 0 Å². The van der Waals surface area contributed by atoms with Gasteiger partial charge in [-0.2, -0.15) is 0 Å². The van der Waals surface area contributed by atoms with Crippen LogP contribution < -0.4 is 10.5 Å². The summed E-state index contributed by atoms with van der Waals surface area (Å²) in [5.41, 5.74) is 7.99. The molecule has 0 atom stereocenters. The molecule has 0 radical (unpaired) electrons. The Bertz CT molecular complexity index is 339. The van der Waals surface area contributed by atoms with Crippen LogP contribution >= 0.6 is 15.9 Å². The minimum Gasteiger partial charge on any atom is -0.493 e. The Labute approximate surface area is 106 Å². The molecule has 3 heteroatoms. The van der Waals surface area contributed by atoms with Gasteiger partial charge in [0.25, 0.3) is 0 Å². The van der Waals surface area contributed by atoms with Gasteiger partial charge in [0.1, 0.15) is 5.75 Å². The van der Waals surface area contributed by atoms with Gasteiger partial charge in [-0.1, -0.05) is 29.3 Å². The van der Waals surface area contributed by atoms with E-state index in [4.69, 9.17) is 10.5 Å². The van der Waals surface area contributed by atoms with Gasteiger partial charge >= 0.3 is 0 Å². The molecule has 0 amide bonds. The van der Waals surface area contributed by atoms with Gasteiger partial charge in [0.05, 0.1) is 6.61 Å². The van der Waals surface area contributed by atoms with Crippen molar-refractivity contribution in [1.82, 2.24) is 0 Å². The lowest BCUT2D eigenvalue weighted by Gasteiger charge is -2.14. The zero-order valence-electron chi connectivity index (χ0n) is 10.1. The molecule has 0 heterocycles. The van der Waals surface area contributed by atoms with Crippen molar-refractivity contribution in [3.8, 4) is 5.75 Å². The number of ether oxygens (including phenoxy) is 1. The molecule has 0 saturated carbocycles. The highest BCUT2D eigenvalue weighted by Crippen LogP contribution is 2.28. The second-order valence-electron chi connectivity index (χ2n) is 3.95. The van der Waals surface area contributed by atoms with E-state index < -0.39 is 0 Å². The van der Waals surface area contributed by atoms with E-state index in [2.05, 4.69) is 41.9 Å². The van der Waals surface area contributed by atoms with E-state index in [9.17, 15) is 0 Å². The van der Waals surface area contributed by atoms with Crippen molar-refractivity contribution < 1.29 is 4.74 Å². The zero-order chi connectivity index (χ0) is 12.0. The van der Waals surface area contributed by atoms with Gasteiger partial charge in [-0.15, -0.1) is 0 Å². The normalized spacial score (nSPS) is 10.5. The fourth-order valence-electron chi connectivity index (χ4n) is 1.67. The highest BCUT2D eigenvalue weighted by molar-refractivity contribution is 9.10. The number of hydrogen-bond acceptors (Lipinski definition) is 2. The Hall–Kier alpha value is -0.540. The Morgan fingerprint density at radius 2 is 2.12 bits per heavy atom. The molecule has 16 heavy (non-hydrogen) atoms. The van der Waals surface area contributed by atoms with E-state index in [-0.39, 0.29) is 0 Å².